The lowest BCUT2D eigenvalue weighted by molar-refractivity contribution is 0.223. The van der Waals surface area contributed by atoms with Crippen molar-refractivity contribution < 1.29 is 13.5 Å². The van der Waals surface area contributed by atoms with Gasteiger partial charge in [-0.05, 0) is 25.7 Å². The summed E-state index contributed by atoms with van der Waals surface area (Å²) in [6, 6.07) is 0. The van der Waals surface area contributed by atoms with E-state index in [0.717, 1.165) is 19.3 Å². The third kappa shape index (κ3) is 4.43. The normalized spacial score (nSPS) is 23.2. The van der Waals surface area contributed by atoms with Crippen LogP contribution in [0.2, 0.25) is 0 Å². The molecule has 0 saturated carbocycles. The smallest absolute Gasteiger partial charge is 0.147 e. The molecule has 1 N–H and O–H groups in total. The first kappa shape index (κ1) is 10.7. The van der Waals surface area contributed by atoms with E-state index in [2.05, 4.69) is 0 Å². The fraction of sp³-hybridized carbons (Fsp3) is 0.778. The minimum absolute atomic E-state index is 0.250. The molecule has 76 valence electrons. The van der Waals surface area contributed by atoms with Crippen LogP contribution >= 0.6 is 0 Å². The van der Waals surface area contributed by atoms with Gasteiger partial charge in [-0.15, -0.1) is 0 Å². The van der Waals surface area contributed by atoms with Gasteiger partial charge in [0.25, 0.3) is 0 Å². The van der Waals surface area contributed by atoms with E-state index in [0.29, 0.717) is 6.42 Å². The molecule has 0 aromatic rings. The van der Waals surface area contributed by atoms with Crippen LogP contribution in [0.1, 0.15) is 25.7 Å². The third-order valence-corrected chi connectivity index (χ3v) is 3.23. The van der Waals surface area contributed by atoms with Gasteiger partial charge < -0.3 is 5.11 Å². The first-order valence-electron chi connectivity index (χ1n) is 4.53. The van der Waals surface area contributed by atoms with Crippen molar-refractivity contribution in [3.63, 3.8) is 0 Å². The van der Waals surface area contributed by atoms with Gasteiger partial charge in [-0.1, -0.05) is 11.6 Å². The van der Waals surface area contributed by atoms with Gasteiger partial charge in [0.2, 0.25) is 0 Å². The second-order valence-corrected chi connectivity index (χ2v) is 5.92. The Bertz CT molecular complexity index is 290. The quantitative estimate of drug-likeness (QED) is 0.692. The van der Waals surface area contributed by atoms with Gasteiger partial charge in [-0.2, -0.15) is 0 Å². The van der Waals surface area contributed by atoms with Gasteiger partial charge in [-0.25, -0.2) is 8.42 Å². The van der Waals surface area contributed by atoms with Crippen LogP contribution in [-0.2, 0) is 9.84 Å². The molecule has 1 aliphatic rings. The van der Waals surface area contributed by atoms with Gasteiger partial charge in [0.15, 0.2) is 0 Å². The number of rotatable bonds is 4. The predicted molar refractivity (Wildman–Crippen MR) is 52.3 cm³/mol. The molecule has 0 amide bonds. The van der Waals surface area contributed by atoms with Gasteiger partial charge in [0.05, 0.1) is 11.9 Å². The summed E-state index contributed by atoms with van der Waals surface area (Å²) in [6.45, 7) is 0. The van der Waals surface area contributed by atoms with Crippen LogP contribution in [0.3, 0.4) is 0 Å². The van der Waals surface area contributed by atoms with E-state index in [4.69, 9.17) is 5.11 Å². The maximum Gasteiger partial charge on any atom is 0.147 e. The minimum atomic E-state index is -2.82. The molecule has 1 atom stereocenters. The van der Waals surface area contributed by atoms with Crippen LogP contribution < -0.4 is 0 Å². The SMILES string of the molecule is CS(=O)(=O)CCCC1=CC(O)CC1. The molecule has 0 aromatic carbocycles. The maximum atomic E-state index is 10.8. The molecular formula is C9H16O3S. The number of aliphatic hydroxyl groups is 1. The molecule has 0 spiro atoms. The van der Waals surface area contributed by atoms with Crippen molar-refractivity contribution in [2.75, 3.05) is 12.0 Å². The highest BCUT2D eigenvalue weighted by atomic mass is 32.2. The first-order valence-corrected chi connectivity index (χ1v) is 6.59. The van der Waals surface area contributed by atoms with Gasteiger partial charge in [0, 0.05) is 6.26 Å². The Morgan fingerprint density at radius 2 is 2.31 bits per heavy atom. The summed E-state index contributed by atoms with van der Waals surface area (Å²) in [7, 11) is -2.82. The van der Waals surface area contributed by atoms with E-state index >= 15 is 0 Å². The van der Waals surface area contributed by atoms with Gasteiger partial charge in [0.1, 0.15) is 9.84 Å². The van der Waals surface area contributed by atoms with Gasteiger partial charge in [-0.3, -0.25) is 0 Å². The van der Waals surface area contributed by atoms with Crippen LogP contribution in [0, 0.1) is 0 Å². The average molecular weight is 204 g/mol. The lowest BCUT2D eigenvalue weighted by atomic mass is 10.1. The molecule has 0 fully saturated rings. The fourth-order valence-corrected chi connectivity index (χ4v) is 2.21. The molecule has 13 heavy (non-hydrogen) atoms. The molecule has 0 radical (unpaired) electrons. The average Bonchev–Trinajstić information content (AvgIpc) is 2.33. The summed E-state index contributed by atoms with van der Waals surface area (Å²) in [5, 5.41) is 9.16. The Morgan fingerprint density at radius 3 is 2.77 bits per heavy atom. The highest BCUT2D eigenvalue weighted by Crippen LogP contribution is 2.22. The summed E-state index contributed by atoms with van der Waals surface area (Å²) in [4.78, 5) is 0. The molecule has 0 bridgehead atoms. The maximum absolute atomic E-state index is 10.8. The minimum Gasteiger partial charge on any atom is -0.389 e. The predicted octanol–water partition coefficient (Wildman–Crippen LogP) is 0.892. The Kier molecular flexibility index (Phi) is 3.50. The highest BCUT2D eigenvalue weighted by Gasteiger charge is 2.12. The van der Waals surface area contributed by atoms with Crippen molar-refractivity contribution >= 4 is 9.84 Å². The van der Waals surface area contributed by atoms with Crippen molar-refractivity contribution in [3.8, 4) is 0 Å². The van der Waals surface area contributed by atoms with E-state index in [9.17, 15) is 8.42 Å². The zero-order valence-electron chi connectivity index (χ0n) is 7.86. The summed E-state index contributed by atoms with van der Waals surface area (Å²) in [5.41, 5.74) is 1.20. The lowest BCUT2D eigenvalue weighted by Crippen LogP contribution is -2.02. The number of allylic oxidation sites excluding steroid dienone is 1. The van der Waals surface area contributed by atoms with Crippen LogP contribution in [0.25, 0.3) is 0 Å². The summed E-state index contributed by atoms with van der Waals surface area (Å²) in [6.07, 6.45) is 6.02. The number of hydrogen-bond acceptors (Lipinski definition) is 3. The Labute approximate surface area is 79.4 Å². The molecule has 0 aliphatic heterocycles. The molecular weight excluding hydrogens is 188 g/mol. The molecule has 0 aromatic heterocycles. The topological polar surface area (TPSA) is 54.4 Å². The van der Waals surface area contributed by atoms with Crippen molar-refractivity contribution in [2.24, 2.45) is 0 Å². The number of sulfone groups is 1. The van der Waals surface area contributed by atoms with Crippen molar-refractivity contribution in [2.45, 2.75) is 31.8 Å². The molecule has 0 saturated heterocycles. The van der Waals surface area contributed by atoms with Crippen molar-refractivity contribution in [1.82, 2.24) is 0 Å². The summed E-state index contributed by atoms with van der Waals surface area (Å²) in [5.74, 6) is 0.250. The standard InChI is InChI=1S/C9H16O3S/c1-13(11,12)6-2-3-8-4-5-9(10)7-8/h7,9-10H,2-6H2,1H3. The zero-order valence-corrected chi connectivity index (χ0v) is 8.68. The van der Waals surface area contributed by atoms with Crippen LogP contribution in [-0.4, -0.2) is 31.6 Å². The van der Waals surface area contributed by atoms with E-state index < -0.39 is 9.84 Å². The second-order valence-electron chi connectivity index (χ2n) is 3.66. The molecule has 1 rings (SSSR count). The van der Waals surface area contributed by atoms with E-state index in [-0.39, 0.29) is 11.9 Å². The van der Waals surface area contributed by atoms with E-state index in [1.54, 1.807) is 0 Å². The monoisotopic (exact) mass is 204 g/mol. The van der Waals surface area contributed by atoms with E-state index in [1.165, 1.54) is 11.8 Å². The Morgan fingerprint density at radius 1 is 1.62 bits per heavy atom. The van der Waals surface area contributed by atoms with Crippen LogP contribution in [0.4, 0.5) is 0 Å². The van der Waals surface area contributed by atoms with Crippen LogP contribution in [0.5, 0.6) is 0 Å². The van der Waals surface area contributed by atoms with E-state index in [1.807, 2.05) is 6.08 Å². The van der Waals surface area contributed by atoms with Crippen molar-refractivity contribution in [3.05, 3.63) is 11.6 Å². The molecule has 1 unspecified atom stereocenters. The van der Waals surface area contributed by atoms with Gasteiger partial charge >= 0.3 is 0 Å². The molecule has 4 heteroatoms. The Hall–Kier alpha value is -0.350. The molecule has 0 heterocycles. The lowest BCUT2D eigenvalue weighted by Gasteiger charge is -1.99. The molecule has 3 nitrogen and oxygen atoms in total. The number of hydrogen-bond donors (Lipinski definition) is 1. The zero-order chi connectivity index (χ0) is 9.90. The van der Waals surface area contributed by atoms with Crippen LogP contribution in [0.15, 0.2) is 11.6 Å². The second kappa shape index (κ2) is 4.24. The number of aliphatic hydroxyl groups excluding tert-OH is 1. The van der Waals surface area contributed by atoms with Crippen molar-refractivity contribution in [1.29, 1.82) is 0 Å². The highest BCUT2D eigenvalue weighted by molar-refractivity contribution is 7.90. The largest absolute Gasteiger partial charge is 0.389 e. The Balaban J connectivity index is 2.24. The first-order chi connectivity index (χ1) is 5.97. The fourth-order valence-electron chi connectivity index (χ4n) is 1.54. The third-order valence-electron chi connectivity index (χ3n) is 2.20. The summed E-state index contributed by atoms with van der Waals surface area (Å²) < 4.78 is 21.6. The summed E-state index contributed by atoms with van der Waals surface area (Å²) >= 11 is 0. The molecule has 1 aliphatic carbocycles.